The summed E-state index contributed by atoms with van der Waals surface area (Å²) in [5, 5.41) is 4.53. The number of hydrogen-bond acceptors (Lipinski definition) is 3. The maximum absolute atomic E-state index is 4.55. The van der Waals surface area contributed by atoms with Crippen molar-refractivity contribution in [1.82, 2.24) is 4.37 Å². The largest absolute Gasteiger partial charge is 0.333 e. The number of thiol groups is 1. The molecular weight excluding hydrogens is 633 g/mol. The van der Waals surface area contributed by atoms with E-state index in [4.69, 9.17) is 0 Å². The summed E-state index contributed by atoms with van der Waals surface area (Å²) in [7, 11) is 1.50. The molecule has 0 radical (unpaired) electrons. The van der Waals surface area contributed by atoms with Gasteiger partial charge in [-0.05, 0) is 107 Å². The highest BCUT2D eigenvalue weighted by atomic mass is 32.1. The lowest BCUT2D eigenvalue weighted by atomic mass is 9.78. The van der Waals surface area contributed by atoms with E-state index in [0.29, 0.717) is 0 Å². The van der Waals surface area contributed by atoms with Crippen molar-refractivity contribution >= 4 is 74.9 Å². The minimum absolute atomic E-state index is 0.724. The summed E-state index contributed by atoms with van der Waals surface area (Å²) in [6.07, 6.45) is 9.92. The molecule has 0 aliphatic carbocycles. The van der Waals surface area contributed by atoms with Crippen molar-refractivity contribution in [1.29, 1.82) is 0 Å². The Balaban J connectivity index is 0.00000205. The highest BCUT2D eigenvalue weighted by Gasteiger charge is 2.25. The van der Waals surface area contributed by atoms with Crippen molar-refractivity contribution in [3.63, 3.8) is 0 Å². The zero-order chi connectivity index (χ0) is 34.7. The van der Waals surface area contributed by atoms with Crippen molar-refractivity contribution in [2.24, 2.45) is 5.73 Å². The van der Waals surface area contributed by atoms with Gasteiger partial charge in [-0.2, -0.15) is 0 Å². The molecule has 4 heteroatoms. The van der Waals surface area contributed by atoms with Gasteiger partial charge < -0.3 is 10.1 Å². The van der Waals surface area contributed by atoms with Crippen LogP contribution in [0.5, 0.6) is 0 Å². The Morgan fingerprint density at radius 3 is 1.37 bits per heavy atom. The Morgan fingerprint density at radius 1 is 0.571 bits per heavy atom. The van der Waals surface area contributed by atoms with Crippen molar-refractivity contribution in [3.05, 3.63) is 164 Å². The van der Waals surface area contributed by atoms with Crippen LogP contribution in [0.15, 0.2) is 136 Å². The van der Waals surface area contributed by atoms with Crippen LogP contribution in [0.1, 0.15) is 27.8 Å². The third-order valence-corrected chi connectivity index (χ3v) is 10.0. The van der Waals surface area contributed by atoms with Crippen LogP contribution in [0.2, 0.25) is 0 Å². The molecule has 0 aliphatic rings. The molecule has 6 aromatic carbocycles. The molecule has 0 atom stereocenters. The summed E-state index contributed by atoms with van der Waals surface area (Å²) in [6, 6.07) is 34.4. The van der Waals surface area contributed by atoms with E-state index >= 15 is 0 Å². The maximum atomic E-state index is 4.55. The van der Waals surface area contributed by atoms with Crippen molar-refractivity contribution in [3.8, 4) is 43.8 Å². The van der Waals surface area contributed by atoms with E-state index in [2.05, 4.69) is 147 Å². The van der Waals surface area contributed by atoms with Crippen LogP contribution in [0.4, 0.5) is 0 Å². The number of benzene rings is 6. The maximum Gasteiger partial charge on any atom is 0.0682 e. The van der Waals surface area contributed by atoms with Crippen LogP contribution in [-0.4, -0.2) is 11.4 Å². The number of hydrogen-bond donors (Lipinski definition) is 3. The Labute approximate surface area is 298 Å². The van der Waals surface area contributed by atoms with Crippen LogP contribution < -0.4 is 5.73 Å². The fourth-order valence-electron chi connectivity index (χ4n) is 6.91. The predicted octanol–water partition coefficient (Wildman–Crippen LogP) is 13.1. The van der Waals surface area contributed by atoms with Crippen molar-refractivity contribution < 1.29 is 0 Å². The number of fused-ring (bicyclic) bond motifs is 2. The summed E-state index contributed by atoms with van der Waals surface area (Å²) in [6.45, 7) is 21.5. The zero-order valence-electron chi connectivity index (χ0n) is 27.6. The first-order chi connectivity index (χ1) is 24.0. The fraction of sp³-hybridized carbons (Fsp3) is 0.0222. The SMILES string of the molecule is C=Cc1c(C=C)c(-c2c(C=C)c(C=C)c(-c3cccc(-c4c[nH]s4)c3)c3ccccc23)c2ccccc2c1-c1cccc(C(=C)S)c1.CN. The molecule has 0 bridgehead atoms. The minimum Gasteiger partial charge on any atom is -0.333 e. The summed E-state index contributed by atoms with van der Waals surface area (Å²) in [5.74, 6) is 0. The predicted molar refractivity (Wildman–Crippen MR) is 224 cm³/mol. The van der Waals surface area contributed by atoms with Crippen LogP contribution >= 0.6 is 24.2 Å². The van der Waals surface area contributed by atoms with Gasteiger partial charge in [-0.25, -0.2) is 0 Å². The highest BCUT2D eigenvalue weighted by Crippen LogP contribution is 2.50. The second-order valence-electron chi connectivity index (χ2n) is 11.4. The van der Waals surface area contributed by atoms with Crippen molar-refractivity contribution in [2.45, 2.75) is 0 Å². The van der Waals surface area contributed by atoms with E-state index < -0.39 is 0 Å². The zero-order valence-corrected chi connectivity index (χ0v) is 29.3. The summed E-state index contributed by atoms with van der Waals surface area (Å²) >= 11 is 6.19. The van der Waals surface area contributed by atoms with Gasteiger partial charge in [0.05, 0.1) is 4.88 Å². The lowest BCUT2D eigenvalue weighted by Gasteiger charge is -2.25. The van der Waals surface area contributed by atoms with Gasteiger partial charge in [0.1, 0.15) is 0 Å². The molecule has 0 saturated heterocycles. The topological polar surface area (TPSA) is 41.8 Å². The number of nitrogens with one attached hydrogen (secondary N) is 1. The average molecular weight is 671 g/mol. The quantitative estimate of drug-likeness (QED) is 0.131. The van der Waals surface area contributed by atoms with E-state index in [1.807, 2.05) is 36.6 Å². The second-order valence-corrected chi connectivity index (χ2v) is 12.8. The van der Waals surface area contributed by atoms with Gasteiger partial charge in [0, 0.05) is 11.1 Å². The number of H-pyrrole nitrogens is 1. The van der Waals surface area contributed by atoms with Gasteiger partial charge in [0.25, 0.3) is 0 Å². The van der Waals surface area contributed by atoms with E-state index in [0.717, 1.165) is 87.6 Å². The molecule has 0 aliphatic heterocycles. The van der Waals surface area contributed by atoms with Gasteiger partial charge in [-0.3, -0.25) is 0 Å². The molecule has 240 valence electrons. The molecule has 7 aromatic rings. The molecule has 7 rings (SSSR count). The van der Waals surface area contributed by atoms with Crippen LogP contribution in [0.3, 0.4) is 0 Å². The van der Waals surface area contributed by atoms with Crippen LogP contribution in [-0.2, 0) is 0 Å². The Morgan fingerprint density at radius 2 is 0.959 bits per heavy atom. The normalized spacial score (nSPS) is 10.8. The van der Waals surface area contributed by atoms with Gasteiger partial charge in [0.2, 0.25) is 0 Å². The van der Waals surface area contributed by atoms with E-state index in [1.165, 1.54) is 17.5 Å². The van der Waals surface area contributed by atoms with Gasteiger partial charge in [0.15, 0.2) is 0 Å². The number of nitrogens with two attached hydrogens (primary N) is 1. The standard InChI is InChI=1S/C44H33NS2.CH5N/c1-6-32-34(8-3)43(38-22-12-10-20-36(38)41(32)30-18-14-16-28(24-30)27(5)46)44-35(9-4)33(7-2)42(37-21-11-13-23-39(37)44)31-19-15-17-29(25-31)40-26-45-47-40;1-2/h6-26,45-46H,1-5H2;2H2,1H3. The average Bonchev–Trinajstić information content (AvgIpc) is 3.13. The van der Waals surface area contributed by atoms with Gasteiger partial charge >= 0.3 is 0 Å². The first-order valence-electron chi connectivity index (χ1n) is 16.0. The second kappa shape index (κ2) is 14.4. The molecule has 0 fully saturated rings. The molecule has 0 unspecified atom stereocenters. The number of aromatic nitrogens is 1. The number of aromatic amines is 1. The number of rotatable bonds is 9. The van der Waals surface area contributed by atoms with Crippen molar-refractivity contribution in [2.75, 3.05) is 7.05 Å². The molecule has 1 heterocycles. The molecule has 0 spiro atoms. The Hall–Kier alpha value is -5.39. The lowest BCUT2D eigenvalue weighted by molar-refractivity contribution is 1.48. The molecule has 0 amide bonds. The van der Waals surface area contributed by atoms with Gasteiger partial charge in [-0.15, -0.1) is 12.6 Å². The summed E-state index contributed by atoms with van der Waals surface area (Å²) in [5.41, 5.74) is 17.4. The lowest BCUT2D eigenvalue weighted by Crippen LogP contribution is -2.01. The van der Waals surface area contributed by atoms with E-state index in [1.54, 1.807) is 11.5 Å². The molecule has 2 nitrogen and oxygen atoms in total. The Kier molecular flexibility index (Phi) is 9.84. The van der Waals surface area contributed by atoms with E-state index in [9.17, 15) is 0 Å². The fourth-order valence-corrected chi connectivity index (χ4v) is 7.53. The highest BCUT2D eigenvalue weighted by molar-refractivity contribution is 7.90. The van der Waals surface area contributed by atoms with Crippen LogP contribution in [0.25, 0.3) is 94.6 Å². The molecule has 0 saturated carbocycles. The third kappa shape index (κ3) is 5.74. The smallest absolute Gasteiger partial charge is 0.0682 e. The molecule has 3 N–H and O–H groups in total. The molecule has 1 aromatic heterocycles. The van der Waals surface area contributed by atoms with E-state index in [-0.39, 0.29) is 0 Å². The Bertz CT molecular complexity index is 2410. The first-order valence-corrected chi connectivity index (χ1v) is 17.2. The minimum atomic E-state index is 0.724. The first kappa shape index (κ1) is 33.5. The third-order valence-electron chi connectivity index (χ3n) is 8.93. The summed E-state index contributed by atoms with van der Waals surface area (Å²) in [4.78, 5) is 1.95. The summed E-state index contributed by atoms with van der Waals surface area (Å²) < 4.78 is 3.17. The molecular formula is C45H38N2S2. The monoisotopic (exact) mass is 670 g/mol. The van der Waals surface area contributed by atoms with Crippen LogP contribution in [0, 0.1) is 0 Å². The molecule has 49 heavy (non-hydrogen) atoms. The van der Waals surface area contributed by atoms with Gasteiger partial charge in [-0.1, -0.05) is 154 Å².